The summed E-state index contributed by atoms with van der Waals surface area (Å²) in [6.07, 6.45) is 6.36. The zero-order valence-electron chi connectivity index (χ0n) is 9.15. The van der Waals surface area contributed by atoms with Crippen LogP contribution in [0.2, 0.25) is 0 Å². The van der Waals surface area contributed by atoms with Crippen molar-refractivity contribution in [1.82, 2.24) is 9.97 Å². The second-order valence-electron chi connectivity index (χ2n) is 4.48. The highest BCUT2D eigenvalue weighted by Gasteiger charge is 2.30. The van der Waals surface area contributed by atoms with Gasteiger partial charge in [0, 0.05) is 28.6 Å². The van der Waals surface area contributed by atoms with E-state index in [2.05, 4.69) is 51.3 Å². The second kappa shape index (κ2) is 4.63. The van der Waals surface area contributed by atoms with E-state index in [1.54, 1.807) is 0 Å². The van der Waals surface area contributed by atoms with E-state index < -0.39 is 0 Å². The fourth-order valence-electron chi connectivity index (χ4n) is 1.63. The fraction of sp³-hybridized carbons (Fsp3) is 0.636. The van der Waals surface area contributed by atoms with Crippen LogP contribution in [-0.4, -0.2) is 22.6 Å². The van der Waals surface area contributed by atoms with Gasteiger partial charge in [0.25, 0.3) is 0 Å². The molecule has 2 rings (SSSR count). The molecule has 1 fully saturated rings. The van der Waals surface area contributed by atoms with Crippen LogP contribution >= 0.6 is 22.6 Å². The Hall–Kier alpha value is -0.390. The van der Waals surface area contributed by atoms with Gasteiger partial charge in [-0.25, -0.2) is 9.97 Å². The highest BCUT2D eigenvalue weighted by atomic mass is 127. The molecule has 1 aromatic heterocycles. The van der Waals surface area contributed by atoms with Gasteiger partial charge >= 0.3 is 0 Å². The van der Waals surface area contributed by atoms with Crippen LogP contribution in [0.1, 0.15) is 26.7 Å². The number of rotatable bonds is 4. The maximum atomic E-state index is 4.40. The first-order valence-electron chi connectivity index (χ1n) is 5.41. The van der Waals surface area contributed by atoms with Crippen molar-refractivity contribution in [3.8, 4) is 0 Å². The summed E-state index contributed by atoms with van der Waals surface area (Å²) in [5.74, 6) is 1.56. The monoisotopic (exact) mass is 317 g/mol. The van der Waals surface area contributed by atoms with E-state index >= 15 is 0 Å². The van der Waals surface area contributed by atoms with Gasteiger partial charge in [0.05, 0.1) is 0 Å². The lowest BCUT2D eigenvalue weighted by atomic mass is 10.2. The van der Waals surface area contributed by atoms with Crippen molar-refractivity contribution in [3.63, 3.8) is 0 Å². The molecule has 15 heavy (non-hydrogen) atoms. The minimum Gasteiger partial charge on any atom is -0.338 e. The molecular formula is C11H16IN3. The Balaban J connectivity index is 2.13. The molecule has 0 spiro atoms. The molecule has 0 atom stereocenters. The Morgan fingerprint density at radius 3 is 2.47 bits per heavy atom. The first-order valence-corrected chi connectivity index (χ1v) is 6.49. The number of aromatic nitrogens is 2. The van der Waals surface area contributed by atoms with Crippen LogP contribution in [-0.2, 0) is 0 Å². The summed E-state index contributed by atoms with van der Waals surface area (Å²) in [7, 11) is 0. The average molecular weight is 317 g/mol. The predicted molar refractivity (Wildman–Crippen MR) is 70.0 cm³/mol. The first kappa shape index (κ1) is 11.1. The van der Waals surface area contributed by atoms with Crippen molar-refractivity contribution in [3.05, 3.63) is 16.0 Å². The van der Waals surface area contributed by atoms with Gasteiger partial charge in [-0.05, 0) is 41.4 Å². The summed E-state index contributed by atoms with van der Waals surface area (Å²) in [6, 6.07) is 0.687. The van der Waals surface area contributed by atoms with Gasteiger partial charge in [0.1, 0.15) is 0 Å². The Labute approximate surface area is 104 Å². The lowest BCUT2D eigenvalue weighted by Gasteiger charge is -2.24. The van der Waals surface area contributed by atoms with E-state index in [0.29, 0.717) is 12.0 Å². The molecule has 0 bridgehead atoms. The summed E-state index contributed by atoms with van der Waals surface area (Å²) in [5.41, 5.74) is 0. The molecule has 0 unspecified atom stereocenters. The highest BCUT2D eigenvalue weighted by Crippen LogP contribution is 2.30. The summed E-state index contributed by atoms with van der Waals surface area (Å²) in [6.45, 7) is 5.54. The van der Waals surface area contributed by atoms with E-state index in [1.165, 1.54) is 12.8 Å². The largest absolute Gasteiger partial charge is 0.338 e. The third-order valence-corrected chi connectivity index (χ3v) is 2.97. The third-order valence-electron chi connectivity index (χ3n) is 2.41. The highest BCUT2D eigenvalue weighted by molar-refractivity contribution is 14.1. The first-order chi connectivity index (χ1) is 7.16. The Morgan fingerprint density at radius 1 is 1.40 bits per heavy atom. The zero-order valence-corrected chi connectivity index (χ0v) is 11.3. The molecule has 1 aliphatic carbocycles. The molecule has 3 nitrogen and oxygen atoms in total. The topological polar surface area (TPSA) is 29.0 Å². The van der Waals surface area contributed by atoms with Gasteiger partial charge in [-0.2, -0.15) is 0 Å². The predicted octanol–water partition coefficient (Wildman–Crippen LogP) is 2.71. The van der Waals surface area contributed by atoms with Crippen LogP contribution in [0, 0.1) is 9.49 Å². The molecular weight excluding hydrogens is 301 g/mol. The van der Waals surface area contributed by atoms with Crippen molar-refractivity contribution < 1.29 is 0 Å². The van der Waals surface area contributed by atoms with Crippen LogP contribution in [0.5, 0.6) is 0 Å². The molecule has 4 heteroatoms. The van der Waals surface area contributed by atoms with E-state index in [9.17, 15) is 0 Å². The van der Waals surface area contributed by atoms with E-state index in [-0.39, 0.29) is 0 Å². The van der Waals surface area contributed by atoms with Gasteiger partial charge in [-0.3, -0.25) is 0 Å². The molecule has 1 aliphatic rings. The number of halogens is 1. The molecule has 0 N–H and O–H groups in total. The molecule has 0 radical (unpaired) electrons. The normalized spacial score (nSPS) is 15.7. The number of hydrogen-bond acceptors (Lipinski definition) is 3. The van der Waals surface area contributed by atoms with Gasteiger partial charge < -0.3 is 4.90 Å². The standard InChI is InChI=1S/C11H16IN3/c1-8(2)7-15(10-3-4-10)11-13-5-9(12)6-14-11/h5-6,8,10H,3-4,7H2,1-2H3. The number of anilines is 1. The minimum atomic E-state index is 0.661. The molecule has 0 aliphatic heterocycles. The molecule has 1 heterocycles. The van der Waals surface area contributed by atoms with E-state index in [4.69, 9.17) is 0 Å². The maximum Gasteiger partial charge on any atom is 0.225 e. The Bertz CT molecular complexity index is 319. The number of nitrogens with zero attached hydrogens (tertiary/aromatic N) is 3. The molecule has 0 aromatic carbocycles. The van der Waals surface area contributed by atoms with Crippen molar-refractivity contribution in [2.75, 3.05) is 11.4 Å². The third kappa shape index (κ3) is 3.03. The molecule has 82 valence electrons. The van der Waals surface area contributed by atoms with Crippen molar-refractivity contribution in [1.29, 1.82) is 0 Å². The number of hydrogen-bond donors (Lipinski definition) is 0. The smallest absolute Gasteiger partial charge is 0.225 e. The van der Waals surface area contributed by atoms with Crippen LogP contribution in [0.15, 0.2) is 12.4 Å². The second-order valence-corrected chi connectivity index (χ2v) is 5.72. The van der Waals surface area contributed by atoms with Gasteiger partial charge in [-0.15, -0.1) is 0 Å². The fourth-order valence-corrected chi connectivity index (χ4v) is 1.91. The lowest BCUT2D eigenvalue weighted by Crippen LogP contribution is -2.31. The minimum absolute atomic E-state index is 0.661. The van der Waals surface area contributed by atoms with Crippen LogP contribution in [0.4, 0.5) is 5.95 Å². The zero-order chi connectivity index (χ0) is 10.8. The molecule has 0 saturated heterocycles. The van der Waals surface area contributed by atoms with Gasteiger partial charge in [-0.1, -0.05) is 13.8 Å². The van der Waals surface area contributed by atoms with Crippen LogP contribution in [0.3, 0.4) is 0 Å². The molecule has 1 aromatic rings. The van der Waals surface area contributed by atoms with Crippen LogP contribution < -0.4 is 4.90 Å². The average Bonchev–Trinajstić information content (AvgIpc) is 2.99. The van der Waals surface area contributed by atoms with Gasteiger partial charge in [0.15, 0.2) is 0 Å². The lowest BCUT2D eigenvalue weighted by molar-refractivity contribution is 0.597. The van der Waals surface area contributed by atoms with Crippen LogP contribution in [0.25, 0.3) is 0 Å². The summed E-state index contributed by atoms with van der Waals surface area (Å²) >= 11 is 2.23. The van der Waals surface area contributed by atoms with Crippen molar-refractivity contribution in [2.45, 2.75) is 32.7 Å². The van der Waals surface area contributed by atoms with Gasteiger partial charge in [0.2, 0.25) is 5.95 Å². The Morgan fingerprint density at radius 2 is 2.00 bits per heavy atom. The molecule has 0 amide bonds. The quantitative estimate of drug-likeness (QED) is 0.800. The van der Waals surface area contributed by atoms with E-state index in [1.807, 2.05) is 12.4 Å². The summed E-state index contributed by atoms with van der Waals surface area (Å²) < 4.78 is 1.09. The van der Waals surface area contributed by atoms with Crippen molar-refractivity contribution in [2.24, 2.45) is 5.92 Å². The SMILES string of the molecule is CC(C)CN(c1ncc(I)cn1)C1CC1. The Kier molecular flexibility index (Phi) is 3.43. The summed E-state index contributed by atoms with van der Waals surface area (Å²) in [5, 5.41) is 0. The van der Waals surface area contributed by atoms with Crippen molar-refractivity contribution >= 4 is 28.5 Å². The van der Waals surface area contributed by atoms with E-state index in [0.717, 1.165) is 16.1 Å². The maximum absolute atomic E-state index is 4.40. The molecule has 1 saturated carbocycles. The summed E-state index contributed by atoms with van der Waals surface area (Å²) in [4.78, 5) is 11.1.